The molecule has 2 bridgehead atoms. The van der Waals surface area contributed by atoms with Gasteiger partial charge in [0, 0.05) is 19.0 Å². The van der Waals surface area contributed by atoms with Crippen molar-refractivity contribution in [3.05, 3.63) is 17.3 Å². The minimum atomic E-state index is 0.681. The topological polar surface area (TPSA) is 42.2 Å². The Morgan fingerprint density at radius 2 is 2.25 bits per heavy atom. The molecule has 0 saturated carbocycles. The second kappa shape index (κ2) is 4.01. The van der Waals surface area contributed by atoms with Crippen molar-refractivity contribution in [1.82, 2.24) is 15.0 Å². The average molecular weight is 219 g/mol. The summed E-state index contributed by atoms with van der Waals surface area (Å²) < 4.78 is 5.21. The van der Waals surface area contributed by atoms with Crippen LogP contribution in [0.5, 0.6) is 0 Å². The van der Waals surface area contributed by atoms with Gasteiger partial charge in [-0.3, -0.25) is 4.90 Å². The molecule has 0 radical (unpaired) electrons. The molecule has 1 aromatic rings. The molecule has 4 nitrogen and oxygen atoms in total. The van der Waals surface area contributed by atoms with Crippen molar-refractivity contribution >= 4 is 6.08 Å². The van der Waals surface area contributed by atoms with E-state index in [-0.39, 0.29) is 0 Å². The first kappa shape index (κ1) is 10.0. The predicted octanol–water partition coefficient (Wildman–Crippen LogP) is 1.74. The molecule has 0 atom stereocenters. The van der Waals surface area contributed by atoms with Crippen LogP contribution in [0.2, 0.25) is 0 Å². The summed E-state index contributed by atoms with van der Waals surface area (Å²) in [5, 5.41) is 3.92. The molecule has 0 unspecified atom stereocenters. The Morgan fingerprint density at radius 3 is 2.81 bits per heavy atom. The summed E-state index contributed by atoms with van der Waals surface area (Å²) in [6.45, 7) is 5.64. The van der Waals surface area contributed by atoms with E-state index >= 15 is 0 Å². The molecule has 0 amide bonds. The van der Waals surface area contributed by atoms with Gasteiger partial charge in [-0.25, -0.2) is 0 Å². The number of aryl methyl sites for hydroxylation is 1. The molecule has 4 heteroatoms. The van der Waals surface area contributed by atoms with Gasteiger partial charge < -0.3 is 4.52 Å². The van der Waals surface area contributed by atoms with Crippen molar-refractivity contribution < 1.29 is 4.52 Å². The summed E-state index contributed by atoms with van der Waals surface area (Å²) in [4.78, 5) is 6.84. The average Bonchev–Trinajstić information content (AvgIpc) is 2.78. The van der Waals surface area contributed by atoms with Crippen LogP contribution in [0.1, 0.15) is 31.5 Å². The number of fused-ring (bicyclic) bond motifs is 3. The molecule has 1 aromatic heterocycles. The molecule has 0 N–H and O–H groups in total. The molecular weight excluding hydrogens is 202 g/mol. The Kier molecular flexibility index (Phi) is 2.52. The lowest BCUT2D eigenvalue weighted by molar-refractivity contribution is 0.163. The zero-order valence-electron chi connectivity index (χ0n) is 9.65. The minimum absolute atomic E-state index is 0.681. The van der Waals surface area contributed by atoms with Gasteiger partial charge in [0.15, 0.2) is 5.82 Å². The number of hydrogen-bond donors (Lipinski definition) is 0. The minimum Gasteiger partial charge on any atom is -0.335 e. The summed E-state index contributed by atoms with van der Waals surface area (Å²) in [6, 6.07) is 0. The van der Waals surface area contributed by atoms with Gasteiger partial charge >= 0.3 is 0 Å². The van der Waals surface area contributed by atoms with Crippen LogP contribution in [0.25, 0.3) is 6.08 Å². The van der Waals surface area contributed by atoms with E-state index < -0.39 is 0 Å². The van der Waals surface area contributed by atoms with Crippen LogP contribution in [0.3, 0.4) is 0 Å². The van der Waals surface area contributed by atoms with Gasteiger partial charge in [-0.15, -0.1) is 0 Å². The van der Waals surface area contributed by atoms with Crippen LogP contribution in [0, 0.1) is 5.92 Å². The lowest BCUT2D eigenvalue weighted by Gasteiger charge is -2.40. The van der Waals surface area contributed by atoms with E-state index in [1.165, 1.54) is 31.5 Å². The smallest absolute Gasteiger partial charge is 0.250 e. The Hall–Kier alpha value is -1.16. The fourth-order valence-electron chi connectivity index (χ4n) is 2.64. The summed E-state index contributed by atoms with van der Waals surface area (Å²) in [6.07, 6.45) is 5.52. The molecule has 0 aliphatic carbocycles. The van der Waals surface area contributed by atoms with Crippen molar-refractivity contribution in [2.45, 2.75) is 26.2 Å². The highest BCUT2D eigenvalue weighted by atomic mass is 16.5. The van der Waals surface area contributed by atoms with Crippen molar-refractivity contribution in [3.8, 4) is 0 Å². The van der Waals surface area contributed by atoms with Crippen LogP contribution in [-0.2, 0) is 6.42 Å². The summed E-state index contributed by atoms with van der Waals surface area (Å²) >= 11 is 0. The maximum Gasteiger partial charge on any atom is 0.250 e. The zero-order chi connectivity index (χ0) is 11.0. The first-order valence-electron chi connectivity index (χ1n) is 6.10. The van der Waals surface area contributed by atoms with E-state index in [1.807, 2.05) is 6.92 Å². The highest BCUT2D eigenvalue weighted by molar-refractivity contribution is 5.46. The van der Waals surface area contributed by atoms with Gasteiger partial charge in [0.2, 0.25) is 0 Å². The van der Waals surface area contributed by atoms with Crippen molar-refractivity contribution in [1.29, 1.82) is 0 Å². The standard InChI is InChI=1S/C12H17N3O/c1-2-11-13-12(16-14-11)7-10-8-15-5-3-9(10)4-6-15/h7,9H,2-6,8H2,1H3. The number of piperidine rings is 3. The molecule has 4 heterocycles. The van der Waals surface area contributed by atoms with Crippen LogP contribution >= 0.6 is 0 Å². The molecule has 16 heavy (non-hydrogen) atoms. The third-order valence-corrected chi connectivity index (χ3v) is 3.63. The maximum atomic E-state index is 5.21. The molecule has 0 aromatic carbocycles. The van der Waals surface area contributed by atoms with Gasteiger partial charge in [-0.1, -0.05) is 12.1 Å². The second-order valence-electron chi connectivity index (χ2n) is 4.67. The highest BCUT2D eigenvalue weighted by Crippen LogP contribution is 2.32. The maximum absolute atomic E-state index is 5.21. The Bertz CT molecular complexity index is 402. The number of hydrogen-bond acceptors (Lipinski definition) is 4. The summed E-state index contributed by atoms with van der Waals surface area (Å²) in [5.41, 5.74) is 1.48. The second-order valence-corrected chi connectivity index (χ2v) is 4.67. The van der Waals surface area contributed by atoms with E-state index in [9.17, 15) is 0 Å². The predicted molar refractivity (Wildman–Crippen MR) is 60.8 cm³/mol. The Morgan fingerprint density at radius 1 is 1.44 bits per heavy atom. The van der Waals surface area contributed by atoms with E-state index in [4.69, 9.17) is 4.52 Å². The van der Waals surface area contributed by atoms with Crippen LogP contribution < -0.4 is 0 Å². The van der Waals surface area contributed by atoms with Crippen LogP contribution in [0.15, 0.2) is 10.1 Å². The van der Waals surface area contributed by atoms with Crippen LogP contribution in [-0.4, -0.2) is 34.7 Å². The normalized spacial score (nSPS) is 31.2. The van der Waals surface area contributed by atoms with E-state index in [0.29, 0.717) is 5.89 Å². The first-order valence-corrected chi connectivity index (χ1v) is 6.10. The Labute approximate surface area is 95.3 Å². The molecule has 0 spiro atoms. The largest absolute Gasteiger partial charge is 0.335 e. The van der Waals surface area contributed by atoms with Gasteiger partial charge in [-0.2, -0.15) is 4.98 Å². The summed E-state index contributed by atoms with van der Waals surface area (Å²) in [5.74, 6) is 2.23. The van der Waals surface area contributed by atoms with Gasteiger partial charge in [0.05, 0.1) is 0 Å². The fourth-order valence-corrected chi connectivity index (χ4v) is 2.64. The summed E-state index contributed by atoms with van der Waals surface area (Å²) in [7, 11) is 0. The van der Waals surface area contributed by atoms with Gasteiger partial charge in [0.25, 0.3) is 5.89 Å². The molecule has 3 saturated heterocycles. The van der Waals surface area contributed by atoms with E-state index in [1.54, 1.807) is 0 Å². The molecule has 3 aliphatic rings. The SMILES string of the molecule is CCc1noc(C=C2CN3CCC2CC3)n1. The van der Waals surface area contributed by atoms with Gasteiger partial charge in [-0.05, 0) is 37.4 Å². The van der Waals surface area contributed by atoms with E-state index in [0.717, 1.165) is 24.7 Å². The number of rotatable bonds is 2. The van der Waals surface area contributed by atoms with E-state index in [2.05, 4.69) is 21.1 Å². The molecule has 4 rings (SSSR count). The third-order valence-electron chi connectivity index (χ3n) is 3.63. The van der Waals surface area contributed by atoms with Gasteiger partial charge in [0.1, 0.15) is 0 Å². The molecule has 3 aliphatic heterocycles. The molecule has 86 valence electrons. The first-order chi connectivity index (χ1) is 7.85. The van der Waals surface area contributed by atoms with Crippen molar-refractivity contribution in [2.75, 3.05) is 19.6 Å². The fraction of sp³-hybridized carbons (Fsp3) is 0.667. The number of aromatic nitrogens is 2. The lowest BCUT2D eigenvalue weighted by atomic mass is 9.83. The molecule has 3 fully saturated rings. The highest BCUT2D eigenvalue weighted by Gasteiger charge is 2.29. The lowest BCUT2D eigenvalue weighted by Crippen LogP contribution is -2.42. The van der Waals surface area contributed by atoms with Crippen LogP contribution in [0.4, 0.5) is 0 Å². The quantitative estimate of drug-likeness (QED) is 0.760. The third kappa shape index (κ3) is 1.78. The molecular formula is C12H17N3O. The zero-order valence-corrected chi connectivity index (χ0v) is 9.65. The Balaban J connectivity index is 1.81. The van der Waals surface area contributed by atoms with Crippen molar-refractivity contribution in [3.63, 3.8) is 0 Å². The van der Waals surface area contributed by atoms with Crippen molar-refractivity contribution in [2.24, 2.45) is 5.92 Å². The number of nitrogens with zero attached hydrogens (tertiary/aromatic N) is 3. The monoisotopic (exact) mass is 219 g/mol.